The van der Waals surface area contributed by atoms with Crippen molar-refractivity contribution in [2.75, 3.05) is 13.1 Å². The second-order valence-corrected chi connectivity index (χ2v) is 7.03. The first-order valence-electron chi connectivity index (χ1n) is 8.06. The van der Waals surface area contributed by atoms with Gasteiger partial charge < -0.3 is 4.90 Å². The molecule has 0 aromatic heterocycles. The molecule has 0 bridgehead atoms. The summed E-state index contributed by atoms with van der Waals surface area (Å²) in [4.78, 5) is 25.3. The van der Waals surface area contributed by atoms with Crippen molar-refractivity contribution in [3.8, 4) is 0 Å². The molecule has 0 heterocycles. The van der Waals surface area contributed by atoms with E-state index in [-0.39, 0.29) is 17.9 Å². The van der Waals surface area contributed by atoms with Crippen molar-refractivity contribution in [3.05, 3.63) is 35.9 Å². The minimum absolute atomic E-state index is 0.0548. The molecule has 1 aromatic carbocycles. The van der Waals surface area contributed by atoms with E-state index in [2.05, 4.69) is 12.1 Å². The Balaban J connectivity index is 2.48. The van der Waals surface area contributed by atoms with E-state index >= 15 is 0 Å². The van der Waals surface area contributed by atoms with Gasteiger partial charge in [0.05, 0.1) is 0 Å². The zero-order valence-corrected chi connectivity index (χ0v) is 14.3. The van der Waals surface area contributed by atoms with Gasteiger partial charge in [0.15, 0.2) is 0 Å². The number of nitrogens with one attached hydrogen (secondary N) is 1. The summed E-state index contributed by atoms with van der Waals surface area (Å²) < 4.78 is 0. The Morgan fingerprint density at radius 2 is 1.78 bits per heavy atom. The van der Waals surface area contributed by atoms with Crippen LogP contribution in [0.4, 0.5) is 0 Å². The highest BCUT2D eigenvalue weighted by Crippen LogP contribution is 2.20. The largest absolute Gasteiger partial charge is 0.333 e. The van der Waals surface area contributed by atoms with E-state index in [1.54, 1.807) is 5.48 Å². The Morgan fingerprint density at radius 3 is 2.35 bits per heavy atom. The van der Waals surface area contributed by atoms with Gasteiger partial charge in [-0.25, -0.2) is 5.48 Å². The molecule has 5 nitrogen and oxygen atoms in total. The van der Waals surface area contributed by atoms with E-state index < -0.39 is 5.91 Å². The number of benzene rings is 1. The van der Waals surface area contributed by atoms with Crippen LogP contribution in [-0.4, -0.2) is 35.0 Å². The normalized spacial score (nSPS) is 11.1. The number of aryl methyl sites for hydroxylation is 1. The summed E-state index contributed by atoms with van der Waals surface area (Å²) in [6.45, 7) is 6.39. The summed E-state index contributed by atoms with van der Waals surface area (Å²) >= 11 is 0. The fraction of sp³-hybridized carbons (Fsp3) is 0.556. The number of rotatable bonds is 8. The van der Waals surface area contributed by atoms with Crippen molar-refractivity contribution in [1.29, 1.82) is 0 Å². The van der Waals surface area contributed by atoms with Crippen molar-refractivity contribution in [2.24, 2.45) is 5.41 Å². The number of unbranched alkanes of at least 4 members (excludes halogenated alkanes) is 1. The van der Waals surface area contributed by atoms with Crippen LogP contribution in [0.15, 0.2) is 30.3 Å². The van der Waals surface area contributed by atoms with Crippen LogP contribution < -0.4 is 5.48 Å². The zero-order valence-electron chi connectivity index (χ0n) is 14.3. The highest BCUT2D eigenvalue weighted by molar-refractivity contribution is 5.84. The third-order valence-electron chi connectivity index (χ3n) is 3.48. The van der Waals surface area contributed by atoms with Crippen LogP contribution in [0.5, 0.6) is 0 Å². The van der Waals surface area contributed by atoms with Crippen molar-refractivity contribution in [3.63, 3.8) is 0 Å². The molecule has 23 heavy (non-hydrogen) atoms. The van der Waals surface area contributed by atoms with Gasteiger partial charge >= 0.3 is 0 Å². The van der Waals surface area contributed by atoms with Gasteiger partial charge in [0.1, 0.15) is 6.54 Å². The van der Waals surface area contributed by atoms with E-state index in [4.69, 9.17) is 5.21 Å². The molecule has 5 heteroatoms. The smallest absolute Gasteiger partial charge is 0.262 e. The highest BCUT2D eigenvalue weighted by Gasteiger charge is 2.22. The molecule has 0 aliphatic heterocycles. The molecular weight excluding hydrogens is 292 g/mol. The third-order valence-corrected chi connectivity index (χ3v) is 3.48. The minimum atomic E-state index is -0.560. The monoisotopic (exact) mass is 320 g/mol. The predicted molar refractivity (Wildman–Crippen MR) is 90.0 cm³/mol. The molecule has 0 atom stereocenters. The van der Waals surface area contributed by atoms with Gasteiger partial charge in [0, 0.05) is 13.0 Å². The van der Waals surface area contributed by atoms with Gasteiger partial charge in [-0.15, -0.1) is 0 Å². The summed E-state index contributed by atoms with van der Waals surface area (Å²) in [5.41, 5.74) is 2.74. The summed E-state index contributed by atoms with van der Waals surface area (Å²) in [6, 6.07) is 10.2. The van der Waals surface area contributed by atoms with E-state index in [0.717, 1.165) is 19.3 Å². The topological polar surface area (TPSA) is 69.6 Å². The highest BCUT2D eigenvalue weighted by atomic mass is 16.5. The first-order valence-corrected chi connectivity index (χ1v) is 8.06. The maximum Gasteiger partial charge on any atom is 0.262 e. The Bertz CT molecular complexity index is 495. The molecule has 1 aromatic rings. The van der Waals surface area contributed by atoms with Crippen molar-refractivity contribution >= 4 is 11.8 Å². The summed E-state index contributed by atoms with van der Waals surface area (Å²) in [7, 11) is 0. The molecule has 0 saturated carbocycles. The number of amides is 2. The number of hydrogen-bond acceptors (Lipinski definition) is 3. The standard InChI is InChI=1S/C18H28N2O3/c1-18(2,3)13-17(22)20(14-16(21)19-23)12-8-7-11-15-9-5-4-6-10-15/h4-6,9-10,23H,7-8,11-14H2,1-3H3,(H,19,21). The lowest BCUT2D eigenvalue weighted by Crippen LogP contribution is -2.41. The number of nitrogens with zero attached hydrogens (tertiary/aromatic N) is 1. The Hall–Kier alpha value is -1.88. The number of carbonyl (C=O) groups is 2. The molecule has 2 N–H and O–H groups in total. The fourth-order valence-corrected chi connectivity index (χ4v) is 2.34. The average molecular weight is 320 g/mol. The van der Waals surface area contributed by atoms with E-state index in [1.807, 2.05) is 39.0 Å². The second-order valence-electron chi connectivity index (χ2n) is 7.03. The second kappa shape index (κ2) is 9.30. The molecule has 0 aliphatic carbocycles. The van der Waals surface area contributed by atoms with Crippen LogP contribution in [-0.2, 0) is 16.0 Å². The Morgan fingerprint density at radius 1 is 1.13 bits per heavy atom. The molecular formula is C18H28N2O3. The predicted octanol–water partition coefficient (Wildman–Crippen LogP) is 2.78. The first kappa shape index (κ1) is 19.2. The molecule has 2 amide bonds. The number of hydrogen-bond donors (Lipinski definition) is 2. The third kappa shape index (κ3) is 8.35. The van der Waals surface area contributed by atoms with E-state index in [1.165, 1.54) is 10.5 Å². The van der Waals surface area contributed by atoms with Crippen molar-refractivity contribution in [1.82, 2.24) is 10.4 Å². The van der Waals surface area contributed by atoms with Gasteiger partial charge in [-0.3, -0.25) is 14.8 Å². The molecule has 0 saturated heterocycles. The van der Waals surface area contributed by atoms with E-state index in [9.17, 15) is 9.59 Å². The maximum absolute atomic E-state index is 12.3. The lowest BCUT2D eigenvalue weighted by atomic mass is 9.91. The van der Waals surface area contributed by atoms with Gasteiger partial charge in [0.2, 0.25) is 5.91 Å². The molecule has 1 rings (SSSR count). The van der Waals surface area contributed by atoms with Crippen LogP contribution in [0.25, 0.3) is 0 Å². The van der Waals surface area contributed by atoms with Gasteiger partial charge in [-0.1, -0.05) is 51.1 Å². The molecule has 128 valence electrons. The summed E-state index contributed by atoms with van der Waals surface area (Å²) in [6.07, 6.45) is 3.10. The Kier molecular flexibility index (Phi) is 7.75. The molecule has 0 radical (unpaired) electrons. The maximum atomic E-state index is 12.3. The lowest BCUT2D eigenvalue weighted by molar-refractivity contribution is -0.140. The van der Waals surface area contributed by atoms with Crippen LogP contribution in [0.3, 0.4) is 0 Å². The van der Waals surface area contributed by atoms with Crippen molar-refractivity contribution in [2.45, 2.75) is 46.5 Å². The minimum Gasteiger partial charge on any atom is -0.333 e. The first-order chi connectivity index (χ1) is 10.8. The Labute approximate surface area is 138 Å². The van der Waals surface area contributed by atoms with Crippen LogP contribution in [0.2, 0.25) is 0 Å². The van der Waals surface area contributed by atoms with Gasteiger partial charge in [-0.2, -0.15) is 0 Å². The van der Waals surface area contributed by atoms with Gasteiger partial charge in [0.25, 0.3) is 5.91 Å². The average Bonchev–Trinajstić information content (AvgIpc) is 2.49. The number of hydroxylamine groups is 1. The SMILES string of the molecule is CC(C)(C)CC(=O)N(CCCCc1ccccc1)CC(=O)NO. The zero-order chi connectivity index (χ0) is 17.3. The fourth-order valence-electron chi connectivity index (χ4n) is 2.34. The van der Waals surface area contributed by atoms with Crippen LogP contribution >= 0.6 is 0 Å². The molecule has 0 spiro atoms. The van der Waals surface area contributed by atoms with Crippen LogP contribution in [0, 0.1) is 5.41 Å². The molecule has 0 fully saturated rings. The summed E-state index contributed by atoms with van der Waals surface area (Å²) in [5.74, 6) is -0.615. The number of carbonyl (C=O) groups excluding carboxylic acids is 2. The quantitative estimate of drug-likeness (QED) is 0.439. The van der Waals surface area contributed by atoms with Gasteiger partial charge in [-0.05, 0) is 30.2 Å². The molecule has 0 aliphatic rings. The van der Waals surface area contributed by atoms with Crippen LogP contribution in [0.1, 0.15) is 45.6 Å². The van der Waals surface area contributed by atoms with E-state index in [0.29, 0.717) is 13.0 Å². The summed E-state index contributed by atoms with van der Waals surface area (Å²) in [5, 5.41) is 8.68. The molecule has 0 unspecified atom stereocenters. The lowest BCUT2D eigenvalue weighted by Gasteiger charge is -2.26. The van der Waals surface area contributed by atoms with Crippen molar-refractivity contribution < 1.29 is 14.8 Å².